The maximum atomic E-state index is 13.5. The van der Waals surface area contributed by atoms with E-state index in [9.17, 15) is 19.1 Å². The fourth-order valence-corrected chi connectivity index (χ4v) is 2.66. The normalized spacial score (nSPS) is 13.5. The number of benzene rings is 2. The first-order valence-electron chi connectivity index (χ1n) is 8.23. The van der Waals surface area contributed by atoms with Crippen molar-refractivity contribution in [1.82, 2.24) is 5.32 Å². The molecule has 2 amide bonds. The second-order valence-electron chi connectivity index (χ2n) is 6.11. The van der Waals surface area contributed by atoms with Crippen LogP contribution in [0.15, 0.2) is 36.4 Å². The van der Waals surface area contributed by atoms with Crippen LogP contribution in [0.5, 0.6) is 5.75 Å². The SMILES string of the molecule is Cc1ccc(NC(=O)C(=O)NCC(O)c2ccc3c(c2)CCO3)cc1F. The summed E-state index contributed by atoms with van der Waals surface area (Å²) in [6.07, 6.45) is -0.174. The Morgan fingerprint density at radius 2 is 2.04 bits per heavy atom. The molecule has 26 heavy (non-hydrogen) atoms. The summed E-state index contributed by atoms with van der Waals surface area (Å²) >= 11 is 0. The Labute approximate surface area is 150 Å². The number of rotatable bonds is 4. The van der Waals surface area contributed by atoms with Gasteiger partial charge >= 0.3 is 11.8 Å². The van der Waals surface area contributed by atoms with Crippen molar-refractivity contribution in [2.45, 2.75) is 19.4 Å². The Kier molecular flexibility index (Phi) is 5.18. The number of hydrogen-bond acceptors (Lipinski definition) is 4. The number of aliphatic hydroxyl groups is 1. The summed E-state index contributed by atoms with van der Waals surface area (Å²) in [5.41, 5.74) is 2.27. The van der Waals surface area contributed by atoms with Crippen LogP contribution in [0.4, 0.5) is 10.1 Å². The summed E-state index contributed by atoms with van der Waals surface area (Å²) in [4.78, 5) is 23.7. The van der Waals surface area contributed by atoms with Crippen LogP contribution in [0.1, 0.15) is 22.8 Å². The summed E-state index contributed by atoms with van der Waals surface area (Å²) < 4.78 is 18.9. The van der Waals surface area contributed by atoms with E-state index in [1.54, 1.807) is 19.1 Å². The van der Waals surface area contributed by atoms with Gasteiger partial charge in [-0.05, 0) is 47.9 Å². The summed E-state index contributed by atoms with van der Waals surface area (Å²) in [6, 6.07) is 9.48. The predicted molar refractivity (Wildman–Crippen MR) is 93.4 cm³/mol. The van der Waals surface area contributed by atoms with Crippen molar-refractivity contribution < 1.29 is 23.8 Å². The van der Waals surface area contributed by atoms with Gasteiger partial charge in [0.25, 0.3) is 0 Å². The van der Waals surface area contributed by atoms with Crippen molar-refractivity contribution >= 4 is 17.5 Å². The lowest BCUT2D eigenvalue weighted by Gasteiger charge is -2.13. The molecule has 0 aliphatic carbocycles. The van der Waals surface area contributed by atoms with E-state index in [1.165, 1.54) is 12.1 Å². The quantitative estimate of drug-likeness (QED) is 0.728. The molecule has 1 heterocycles. The minimum Gasteiger partial charge on any atom is -0.493 e. The molecule has 1 aliphatic rings. The van der Waals surface area contributed by atoms with Crippen LogP contribution >= 0.6 is 0 Å². The highest BCUT2D eigenvalue weighted by atomic mass is 19.1. The number of nitrogens with one attached hydrogen (secondary N) is 2. The maximum absolute atomic E-state index is 13.5. The van der Waals surface area contributed by atoms with Gasteiger partial charge in [0, 0.05) is 18.7 Å². The van der Waals surface area contributed by atoms with Crippen molar-refractivity contribution in [2.75, 3.05) is 18.5 Å². The molecule has 0 saturated heterocycles. The molecule has 0 aromatic heterocycles. The predicted octanol–water partition coefficient (Wildman–Crippen LogP) is 1.86. The van der Waals surface area contributed by atoms with Crippen LogP contribution in [0, 0.1) is 12.7 Å². The number of aryl methyl sites for hydroxylation is 1. The average molecular weight is 358 g/mol. The fraction of sp³-hybridized carbons (Fsp3) is 0.263. The highest BCUT2D eigenvalue weighted by molar-refractivity contribution is 6.39. The van der Waals surface area contributed by atoms with E-state index < -0.39 is 23.7 Å². The minimum atomic E-state index is -0.950. The Morgan fingerprint density at radius 3 is 2.81 bits per heavy atom. The number of aliphatic hydroxyl groups excluding tert-OH is 1. The van der Waals surface area contributed by atoms with Gasteiger partial charge in [-0.1, -0.05) is 12.1 Å². The highest BCUT2D eigenvalue weighted by Gasteiger charge is 2.18. The molecule has 6 nitrogen and oxygen atoms in total. The molecular formula is C19H19FN2O4. The Morgan fingerprint density at radius 1 is 1.23 bits per heavy atom. The van der Waals surface area contributed by atoms with Gasteiger partial charge in [0.1, 0.15) is 11.6 Å². The molecule has 0 fully saturated rings. The molecule has 0 bridgehead atoms. The maximum Gasteiger partial charge on any atom is 0.313 e. The third-order valence-corrected chi connectivity index (χ3v) is 4.19. The summed E-state index contributed by atoms with van der Waals surface area (Å²) in [5.74, 6) is -1.51. The second kappa shape index (κ2) is 7.53. The molecule has 136 valence electrons. The van der Waals surface area contributed by atoms with Gasteiger partial charge < -0.3 is 20.5 Å². The molecule has 3 rings (SSSR count). The number of carbonyl (C=O) groups is 2. The van der Waals surface area contributed by atoms with Crippen LogP contribution in [0.3, 0.4) is 0 Å². The number of hydrogen-bond donors (Lipinski definition) is 3. The van der Waals surface area contributed by atoms with Crippen LogP contribution in [-0.4, -0.2) is 30.1 Å². The lowest BCUT2D eigenvalue weighted by atomic mass is 10.0. The van der Waals surface area contributed by atoms with Crippen LogP contribution in [-0.2, 0) is 16.0 Å². The van der Waals surface area contributed by atoms with Gasteiger partial charge in [0.05, 0.1) is 12.7 Å². The van der Waals surface area contributed by atoms with Gasteiger partial charge in [-0.15, -0.1) is 0 Å². The fourth-order valence-electron chi connectivity index (χ4n) is 2.66. The summed E-state index contributed by atoms with van der Waals surface area (Å²) in [6.45, 7) is 2.10. The highest BCUT2D eigenvalue weighted by Crippen LogP contribution is 2.28. The van der Waals surface area contributed by atoms with E-state index in [-0.39, 0.29) is 12.2 Å². The average Bonchev–Trinajstić information content (AvgIpc) is 3.10. The third kappa shape index (κ3) is 4.00. The molecule has 0 saturated carbocycles. The molecule has 1 unspecified atom stereocenters. The largest absolute Gasteiger partial charge is 0.493 e. The number of carbonyl (C=O) groups excluding carboxylic acids is 2. The van der Waals surface area contributed by atoms with Crippen molar-refractivity contribution in [1.29, 1.82) is 0 Å². The number of ether oxygens (including phenoxy) is 1. The Hall–Kier alpha value is -2.93. The molecule has 1 aliphatic heterocycles. The van der Waals surface area contributed by atoms with Gasteiger partial charge in [0.2, 0.25) is 0 Å². The number of halogens is 1. The van der Waals surface area contributed by atoms with Gasteiger partial charge in [0.15, 0.2) is 0 Å². The van der Waals surface area contributed by atoms with E-state index in [0.29, 0.717) is 17.7 Å². The number of anilines is 1. The van der Waals surface area contributed by atoms with E-state index >= 15 is 0 Å². The molecular weight excluding hydrogens is 339 g/mol. The first kappa shape index (κ1) is 17.9. The van der Waals surface area contributed by atoms with Crippen molar-refractivity contribution in [3.8, 4) is 5.75 Å². The lowest BCUT2D eigenvalue weighted by Crippen LogP contribution is -2.37. The summed E-state index contributed by atoms with van der Waals surface area (Å²) in [5, 5.41) is 14.9. The topological polar surface area (TPSA) is 87.7 Å². The van der Waals surface area contributed by atoms with E-state index in [2.05, 4.69) is 10.6 Å². The monoisotopic (exact) mass is 358 g/mol. The van der Waals surface area contributed by atoms with Crippen molar-refractivity contribution in [3.63, 3.8) is 0 Å². The molecule has 7 heteroatoms. The standard InChI is InChI=1S/C19H19FN2O4/c1-11-2-4-14(9-15(11)20)22-19(25)18(24)21-10-16(23)12-3-5-17-13(8-12)6-7-26-17/h2-5,8-9,16,23H,6-7,10H2,1H3,(H,21,24)(H,22,25). The van der Waals surface area contributed by atoms with Gasteiger partial charge in [-0.25, -0.2) is 4.39 Å². The first-order chi connectivity index (χ1) is 12.4. The number of fused-ring (bicyclic) bond motifs is 1. The van der Waals surface area contributed by atoms with Crippen LogP contribution in [0.25, 0.3) is 0 Å². The molecule has 2 aromatic carbocycles. The van der Waals surface area contributed by atoms with Gasteiger partial charge in [-0.2, -0.15) is 0 Å². The second-order valence-corrected chi connectivity index (χ2v) is 6.11. The number of amides is 2. The smallest absolute Gasteiger partial charge is 0.313 e. The zero-order chi connectivity index (χ0) is 18.7. The molecule has 3 N–H and O–H groups in total. The summed E-state index contributed by atoms with van der Waals surface area (Å²) in [7, 11) is 0. The van der Waals surface area contributed by atoms with Crippen LogP contribution in [0.2, 0.25) is 0 Å². The Bertz CT molecular complexity index is 853. The van der Waals surface area contributed by atoms with Crippen molar-refractivity contribution in [3.05, 3.63) is 58.9 Å². The van der Waals surface area contributed by atoms with Crippen molar-refractivity contribution in [2.24, 2.45) is 0 Å². The zero-order valence-corrected chi connectivity index (χ0v) is 14.2. The lowest BCUT2D eigenvalue weighted by molar-refractivity contribution is -0.136. The Balaban J connectivity index is 1.54. The van der Waals surface area contributed by atoms with E-state index in [0.717, 1.165) is 23.8 Å². The molecule has 0 radical (unpaired) electrons. The van der Waals surface area contributed by atoms with E-state index in [1.807, 2.05) is 6.07 Å². The minimum absolute atomic E-state index is 0.117. The van der Waals surface area contributed by atoms with Crippen LogP contribution < -0.4 is 15.4 Å². The molecule has 2 aromatic rings. The first-order valence-corrected chi connectivity index (χ1v) is 8.23. The molecule has 0 spiro atoms. The molecule has 1 atom stereocenters. The zero-order valence-electron chi connectivity index (χ0n) is 14.2. The third-order valence-electron chi connectivity index (χ3n) is 4.19. The van der Waals surface area contributed by atoms with Gasteiger partial charge in [-0.3, -0.25) is 9.59 Å². The van der Waals surface area contributed by atoms with E-state index in [4.69, 9.17) is 4.74 Å².